The van der Waals surface area contributed by atoms with E-state index in [0.717, 1.165) is 36.4 Å². The summed E-state index contributed by atoms with van der Waals surface area (Å²) in [5.74, 6) is 0.462. The summed E-state index contributed by atoms with van der Waals surface area (Å²) in [7, 11) is 4.13. The monoisotopic (exact) mass is 380 g/mol. The standard InChI is InChI=1S/C22H25FN4O/c1-25(2)12-7-13-26-20-11-6-4-9-18(20)24-22(26)16-14-21(28)27(15-16)19-10-5-3-8-17(19)23/h3-6,8-11,16H,7,12-15H2,1-2H3/t16-/m1/s1. The van der Waals surface area contributed by atoms with Crippen molar-refractivity contribution in [1.82, 2.24) is 14.5 Å². The summed E-state index contributed by atoms with van der Waals surface area (Å²) in [5.41, 5.74) is 2.39. The van der Waals surface area contributed by atoms with Crippen LogP contribution in [0, 0.1) is 5.82 Å². The summed E-state index contributed by atoms with van der Waals surface area (Å²) in [6, 6.07) is 14.5. The number of carbonyl (C=O) groups is 1. The number of nitrogens with zero attached hydrogens (tertiary/aromatic N) is 4. The zero-order valence-corrected chi connectivity index (χ0v) is 16.3. The predicted molar refractivity (Wildman–Crippen MR) is 109 cm³/mol. The van der Waals surface area contributed by atoms with Gasteiger partial charge in [0.15, 0.2) is 0 Å². The van der Waals surface area contributed by atoms with Crippen LogP contribution in [0.25, 0.3) is 11.0 Å². The van der Waals surface area contributed by atoms with Gasteiger partial charge < -0.3 is 14.4 Å². The van der Waals surface area contributed by atoms with Gasteiger partial charge in [-0.15, -0.1) is 0 Å². The van der Waals surface area contributed by atoms with Gasteiger partial charge in [-0.1, -0.05) is 24.3 Å². The van der Waals surface area contributed by atoms with E-state index in [1.54, 1.807) is 23.1 Å². The van der Waals surface area contributed by atoms with Gasteiger partial charge in [0.2, 0.25) is 5.91 Å². The molecular formula is C22H25FN4O. The van der Waals surface area contributed by atoms with Gasteiger partial charge >= 0.3 is 0 Å². The number of fused-ring (bicyclic) bond motifs is 1. The van der Waals surface area contributed by atoms with Crippen LogP contribution in [0.15, 0.2) is 48.5 Å². The Morgan fingerprint density at radius 2 is 1.89 bits per heavy atom. The molecule has 5 nitrogen and oxygen atoms in total. The second-order valence-corrected chi connectivity index (χ2v) is 7.62. The summed E-state index contributed by atoms with van der Waals surface area (Å²) in [4.78, 5) is 21.2. The maximum absolute atomic E-state index is 14.2. The highest BCUT2D eigenvalue weighted by atomic mass is 19.1. The number of benzene rings is 2. The van der Waals surface area contributed by atoms with E-state index in [-0.39, 0.29) is 17.6 Å². The summed E-state index contributed by atoms with van der Waals surface area (Å²) in [5, 5.41) is 0. The molecule has 0 unspecified atom stereocenters. The van der Waals surface area contributed by atoms with Crippen LogP contribution in [-0.2, 0) is 11.3 Å². The first kappa shape index (κ1) is 18.6. The van der Waals surface area contributed by atoms with Crippen molar-refractivity contribution in [1.29, 1.82) is 0 Å². The van der Waals surface area contributed by atoms with Gasteiger partial charge in [0.25, 0.3) is 0 Å². The molecule has 4 rings (SSSR count). The van der Waals surface area contributed by atoms with E-state index < -0.39 is 0 Å². The number of rotatable bonds is 6. The number of amides is 1. The normalized spacial score (nSPS) is 17.2. The highest BCUT2D eigenvalue weighted by molar-refractivity contribution is 5.96. The molecule has 2 aromatic carbocycles. The summed E-state index contributed by atoms with van der Waals surface area (Å²) >= 11 is 0. The number of hydrogen-bond donors (Lipinski definition) is 0. The Morgan fingerprint density at radius 3 is 2.68 bits per heavy atom. The van der Waals surface area contributed by atoms with Crippen LogP contribution >= 0.6 is 0 Å². The van der Waals surface area contributed by atoms with Crippen LogP contribution in [0.3, 0.4) is 0 Å². The van der Waals surface area contributed by atoms with Crippen LogP contribution in [-0.4, -0.2) is 47.5 Å². The number of para-hydroxylation sites is 3. The largest absolute Gasteiger partial charge is 0.328 e. The lowest BCUT2D eigenvalue weighted by atomic mass is 10.1. The summed E-state index contributed by atoms with van der Waals surface area (Å²) in [6.07, 6.45) is 1.35. The van der Waals surface area contributed by atoms with E-state index in [1.807, 2.05) is 18.2 Å². The Kier molecular flexibility index (Phi) is 5.13. The number of hydrogen-bond acceptors (Lipinski definition) is 3. The molecule has 6 heteroatoms. The Balaban J connectivity index is 1.65. The van der Waals surface area contributed by atoms with Gasteiger partial charge in [0, 0.05) is 25.4 Å². The average Bonchev–Trinajstić information content (AvgIpc) is 3.23. The van der Waals surface area contributed by atoms with Crippen LogP contribution in [0.4, 0.5) is 10.1 Å². The highest BCUT2D eigenvalue weighted by Crippen LogP contribution is 2.34. The molecule has 1 amide bonds. The van der Waals surface area contributed by atoms with E-state index in [9.17, 15) is 9.18 Å². The third-order valence-electron chi connectivity index (χ3n) is 5.30. The molecule has 0 aliphatic carbocycles. The van der Waals surface area contributed by atoms with E-state index in [2.05, 4.69) is 29.6 Å². The molecule has 1 aromatic heterocycles. The second-order valence-electron chi connectivity index (χ2n) is 7.62. The third kappa shape index (κ3) is 3.52. The fraction of sp³-hybridized carbons (Fsp3) is 0.364. The number of carbonyl (C=O) groups excluding carboxylic acids is 1. The van der Waals surface area contributed by atoms with Gasteiger partial charge in [-0.25, -0.2) is 9.37 Å². The minimum Gasteiger partial charge on any atom is -0.328 e. The third-order valence-corrected chi connectivity index (χ3v) is 5.30. The fourth-order valence-corrected chi connectivity index (χ4v) is 3.97. The Morgan fingerprint density at radius 1 is 1.14 bits per heavy atom. The Bertz CT molecular complexity index is 997. The quantitative estimate of drug-likeness (QED) is 0.656. The van der Waals surface area contributed by atoms with Crippen molar-refractivity contribution in [2.45, 2.75) is 25.3 Å². The molecule has 146 valence electrons. The van der Waals surface area contributed by atoms with Crippen LogP contribution in [0.1, 0.15) is 24.6 Å². The molecule has 28 heavy (non-hydrogen) atoms. The lowest BCUT2D eigenvalue weighted by Gasteiger charge is -2.18. The second kappa shape index (κ2) is 7.72. The smallest absolute Gasteiger partial charge is 0.227 e. The van der Waals surface area contributed by atoms with Crippen molar-refractivity contribution < 1.29 is 9.18 Å². The first-order valence-electron chi connectivity index (χ1n) is 9.69. The molecule has 0 N–H and O–H groups in total. The van der Waals surface area contributed by atoms with E-state index in [0.29, 0.717) is 18.7 Å². The van der Waals surface area contributed by atoms with Crippen molar-refractivity contribution >= 4 is 22.6 Å². The number of halogens is 1. The van der Waals surface area contributed by atoms with Crippen molar-refractivity contribution in [3.05, 3.63) is 60.2 Å². The molecule has 3 aromatic rings. The van der Waals surface area contributed by atoms with Gasteiger partial charge in [0.05, 0.1) is 16.7 Å². The number of aryl methyl sites for hydroxylation is 1. The average molecular weight is 380 g/mol. The Hall–Kier alpha value is -2.73. The van der Waals surface area contributed by atoms with Gasteiger partial charge in [-0.3, -0.25) is 4.79 Å². The SMILES string of the molecule is CN(C)CCCn1c([C@@H]2CC(=O)N(c3ccccc3F)C2)nc2ccccc21. The van der Waals surface area contributed by atoms with E-state index >= 15 is 0 Å². The molecule has 0 spiro atoms. The number of anilines is 1. The number of aromatic nitrogens is 2. The van der Waals surface area contributed by atoms with Crippen LogP contribution in [0.5, 0.6) is 0 Å². The van der Waals surface area contributed by atoms with E-state index in [4.69, 9.17) is 4.98 Å². The van der Waals surface area contributed by atoms with Gasteiger partial charge in [-0.05, 0) is 51.3 Å². The maximum Gasteiger partial charge on any atom is 0.227 e. The lowest BCUT2D eigenvalue weighted by Crippen LogP contribution is -2.25. The Labute approximate surface area is 164 Å². The topological polar surface area (TPSA) is 41.4 Å². The summed E-state index contributed by atoms with van der Waals surface area (Å²) < 4.78 is 16.5. The minimum atomic E-state index is -0.365. The maximum atomic E-state index is 14.2. The fourth-order valence-electron chi connectivity index (χ4n) is 3.97. The summed E-state index contributed by atoms with van der Waals surface area (Å²) in [6.45, 7) is 2.28. The molecule has 1 aliphatic heterocycles. The molecule has 0 bridgehead atoms. The van der Waals surface area contributed by atoms with Gasteiger partial charge in [0.1, 0.15) is 11.6 Å². The highest BCUT2D eigenvalue weighted by Gasteiger charge is 2.35. The minimum absolute atomic E-state index is 0.0427. The zero-order chi connectivity index (χ0) is 19.7. The van der Waals surface area contributed by atoms with E-state index in [1.165, 1.54) is 6.07 Å². The molecule has 1 aliphatic rings. The van der Waals surface area contributed by atoms with Crippen molar-refractivity contribution in [3.8, 4) is 0 Å². The van der Waals surface area contributed by atoms with Crippen molar-refractivity contribution in [2.24, 2.45) is 0 Å². The van der Waals surface area contributed by atoms with Crippen molar-refractivity contribution in [3.63, 3.8) is 0 Å². The predicted octanol–water partition coefficient (Wildman–Crippen LogP) is 3.65. The molecular weight excluding hydrogens is 355 g/mol. The molecule has 1 saturated heterocycles. The van der Waals surface area contributed by atoms with Crippen molar-refractivity contribution in [2.75, 3.05) is 32.1 Å². The lowest BCUT2D eigenvalue weighted by molar-refractivity contribution is -0.117. The van der Waals surface area contributed by atoms with Crippen LogP contribution < -0.4 is 4.90 Å². The van der Waals surface area contributed by atoms with Crippen LogP contribution in [0.2, 0.25) is 0 Å². The molecule has 0 saturated carbocycles. The number of imidazole rings is 1. The van der Waals surface area contributed by atoms with Gasteiger partial charge in [-0.2, -0.15) is 0 Å². The first-order chi connectivity index (χ1) is 13.5. The molecule has 0 radical (unpaired) electrons. The molecule has 1 fully saturated rings. The zero-order valence-electron chi connectivity index (χ0n) is 16.3. The molecule has 2 heterocycles. The molecule has 1 atom stereocenters. The first-order valence-corrected chi connectivity index (χ1v) is 9.69.